The first-order valence-corrected chi connectivity index (χ1v) is 43.4. The summed E-state index contributed by atoms with van der Waals surface area (Å²) in [5.74, 6) is -0.806. The molecule has 0 N–H and O–H groups in total. The van der Waals surface area contributed by atoms with Crippen LogP contribution in [0, 0.1) is 11.6 Å². The average molecular weight is 1510 g/mol. The summed E-state index contributed by atoms with van der Waals surface area (Å²) in [6, 6.07) is 137. The Kier molecular flexibility index (Phi) is 17.3. The number of hydrogen-bond acceptors (Lipinski definition) is 4. The maximum Gasteiger partial charge on any atom is 0.179 e. The number of halogens is 2. The van der Waals surface area contributed by atoms with Crippen molar-refractivity contribution in [1.82, 2.24) is 0 Å². The molecule has 0 saturated heterocycles. The number of nitrogens with zero attached hydrogens (tertiary/aromatic N) is 2. The van der Waals surface area contributed by atoms with Crippen LogP contribution in [0.4, 0.5) is 42.9 Å². The van der Waals surface area contributed by atoms with Crippen LogP contribution in [0.15, 0.2) is 397 Å². The maximum atomic E-state index is 19.2. The number of hydrogen-bond donors (Lipinski definition) is 0. The lowest BCUT2D eigenvalue weighted by Gasteiger charge is -2.35. The van der Waals surface area contributed by atoms with Gasteiger partial charge in [0.05, 0.1) is 34.1 Å². The van der Waals surface area contributed by atoms with Crippen LogP contribution in [0.2, 0.25) is 0 Å². The molecule has 0 amide bonds. The van der Waals surface area contributed by atoms with Gasteiger partial charge in [0, 0.05) is 43.4 Å². The lowest BCUT2D eigenvalue weighted by Crippen LogP contribution is -2.74. The highest BCUT2D eigenvalue weighted by Gasteiger charge is 2.44. The molecule has 8 heteroatoms. The molecular formula is C106H78F2N2O2Si2. The standard InChI is InChI=1S/C106H78F2N2O2Si2/c1-69(2)81-61-63-89-98(110(96-58-32-54-88-86-50-24-26-60-100(86)112-106(88)96)104-84(52-30-56-94(104)108)72-34-28-48-80(66-72)114(76-41-17-8-18-42-76,77-43-19-9-20-44-77)78-45-21-10-22-46-78)68-92-82(70(3)4)62-64-90-97(67-91(81)101(89)102(90)92)109(95-57-31-53-87-85-49-23-25-59-99(85)111-105(87)95)103-83(51-29-55-93(103)107)71-33-27-47-79(65-71)113(73-35-11-5-12-36-73,74-37-13-6-14-38-74)75-39-15-7-16-40-75/h5-70H,1-4H3. The highest BCUT2D eigenvalue weighted by atomic mass is 28.3. The number of fused-ring (bicyclic) bond motifs is 6. The first kappa shape index (κ1) is 69.7. The van der Waals surface area contributed by atoms with Crippen molar-refractivity contribution in [2.45, 2.75) is 39.5 Å². The minimum absolute atomic E-state index is 0.00176. The average Bonchev–Trinajstić information content (AvgIpc) is 0.830. The van der Waals surface area contributed by atoms with E-state index in [2.05, 4.69) is 365 Å². The van der Waals surface area contributed by atoms with Crippen LogP contribution >= 0.6 is 0 Å². The number of anilines is 6. The summed E-state index contributed by atoms with van der Waals surface area (Å²) < 4.78 is 52.7. The molecule has 4 nitrogen and oxygen atoms in total. The van der Waals surface area contributed by atoms with E-state index in [4.69, 9.17) is 8.83 Å². The third-order valence-electron chi connectivity index (χ3n) is 23.8. The first-order valence-electron chi connectivity index (χ1n) is 39.4. The summed E-state index contributed by atoms with van der Waals surface area (Å²) in [4.78, 5) is 4.34. The summed E-state index contributed by atoms with van der Waals surface area (Å²) in [6.07, 6.45) is 0. The van der Waals surface area contributed by atoms with Crippen molar-refractivity contribution < 1.29 is 17.6 Å². The Labute approximate surface area is 663 Å². The zero-order chi connectivity index (χ0) is 76.8. The fourth-order valence-corrected chi connectivity index (χ4v) is 28.4. The van der Waals surface area contributed by atoms with Gasteiger partial charge in [-0.1, -0.05) is 367 Å². The van der Waals surface area contributed by atoms with Gasteiger partial charge in [0.2, 0.25) is 0 Å². The van der Waals surface area contributed by atoms with Crippen molar-refractivity contribution in [2.75, 3.05) is 9.80 Å². The van der Waals surface area contributed by atoms with Crippen LogP contribution in [0.5, 0.6) is 0 Å². The van der Waals surface area contributed by atoms with Gasteiger partial charge in [-0.05, 0) is 146 Å². The van der Waals surface area contributed by atoms with E-state index in [1.165, 1.54) is 31.1 Å². The Bertz CT molecular complexity index is 6410. The lowest BCUT2D eigenvalue weighted by atomic mass is 9.83. The van der Waals surface area contributed by atoms with Crippen molar-refractivity contribution in [1.29, 1.82) is 0 Å². The van der Waals surface area contributed by atoms with Crippen molar-refractivity contribution in [3.8, 4) is 22.3 Å². The van der Waals surface area contributed by atoms with Crippen LogP contribution in [-0.4, -0.2) is 16.1 Å². The van der Waals surface area contributed by atoms with E-state index in [0.717, 1.165) is 109 Å². The van der Waals surface area contributed by atoms with Crippen LogP contribution in [0.1, 0.15) is 50.7 Å². The molecule has 0 radical (unpaired) electrons. The van der Waals surface area contributed by atoms with Crippen molar-refractivity contribution in [3.63, 3.8) is 0 Å². The molecule has 20 rings (SSSR count). The Balaban J connectivity index is 0.876. The van der Waals surface area contributed by atoms with E-state index in [-0.39, 0.29) is 11.8 Å². The van der Waals surface area contributed by atoms with Crippen LogP contribution in [0.25, 0.3) is 98.4 Å². The Morgan fingerprint density at radius 1 is 0.246 bits per heavy atom. The summed E-state index contributed by atoms with van der Waals surface area (Å²) in [5.41, 5.74) is 11.7. The molecule has 114 heavy (non-hydrogen) atoms. The SMILES string of the molecule is CC(C)c1ccc2c(N(c3c(F)cccc3-c3cccc([Si](c4ccccc4)(c4ccccc4)c4ccccc4)c3)c3cccc4c3oc3ccccc34)cc3c(C(C)C)ccc4c(N(c5c(F)cccc5-c5cccc([Si](c6ccccc6)(c6ccccc6)c6ccccc6)c5)c5cccc6c5oc5ccccc56)cc1c2c34. The van der Waals surface area contributed by atoms with E-state index in [0.29, 0.717) is 45.0 Å². The lowest BCUT2D eigenvalue weighted by molar-refractivity contribution is 0.628. The summed E-state index contributed by atoms with van der Waals surface area (Å²) in [6.45, 7) is 9.02. The van der Waals surface area contributed by atoms with Crippen LogP contribution in [0.3, 0.4) is 0 Å². The monoisotopic (exact) mass is 1500 g/mol. The molecule has 0 spiro atoms. The summed E-state index contributed by atoms with van der Waals surface area (Å²) >= 11 is 0. The van der Waals surface area contributed by atoms with Crippen LogP contribution in [-0.2, 0) is 0 Å². The molecule has 20 aromatic rings. The molecule has 0 fully saturated rings. The minimum atomic E-state index is -3.11. The molecule has 0 atom stereocenters. The maximum absolute atomic E-state index is 19.2. The van der Waals surface area contributed by atoms with Gasteiger partial charge in [-0.2, -0.15) is 0 Å². The van der Waals surface area contributed by atoms with Crippen molar-refractivity contribution in [2.24, 2.45) is 0 Å². The van der Waals surface area contributed by atoms with E-state index in [1.54, 1.807) is 12.1 Å². The van der Waals surface area contributed by atoms with E-state index in [1.807, 2.05) is 48.5 Å². The molecular weight excluding hydrogens is 1430 g/mol. The van der Waals surface area contributed by atoms with Gasteiger partial charge in [-0.15, -0.1) is 0 Å². The molecule has 0 aliphatic carbocycles. The predicted molar refractivity (Wildman–Crippen MR) is 480 cm³/mol. The van der Waals surface area contributed by atoms with Gasteiger partial charge in [0.1, 0.15) is 22.8 Å². The van der Waals surface area contributed by atoms with Crippen LogP contribution < -0.4 is 51.3 Å². The molecule has 18 aromatic carbocycles. The van der Waals surface area contributed by atoms with Crippen molar-refractivity contribution >= 4 is 168 Å². The topological polar surface area (TPSA) is 32.8 Å². The molecule has 0 aliphatic heterocycles. The van der Waals surface area contributed by atoms with Gasteiger partial charge >= 0.3 is 0 Å². The zero-order valence-electron chi connectivity index (χ0n) is 63.6. The number of furan rings is 2. The molecule has 0 bridgehead atoms. The van der Waals surface area contributed by atoms with Gasteiger partial charge in [-0.25, -0.2) is 8.78 Å². The molecule has 0 unspecified atom stereocenters. The second-order valence-electron chi connectivity index (χ2n) is 30.7. The molecule has 2 heterocycles. The summed E-state index contributed by atoms with van der Waals surface area (Å²) in [5, 5.41) is 19.2. The number of para-hydroxylation sites is 6. The highest BCUT2D eigenvalue weighted by molar-refractivity contribution is 7.20. The molecule has 0 saturated carbocycles. The third kappa shape index (κ3) is 11.1. The van der Waals surface area contributed by atoms with E-state index < -0.39 is 27.8 Å². The van der Waals surface area contributed by atoms with E-state index >= 15 is 8.78 Å². The normalized spacial score (nSPS) is 12.1. The Hall–Kier alpha value is -13.5. The molecule has 2 aromatic heterocycles. The number of benzene rings is 18. The molecule has 0 aliphatic rings. The van der Waals surface area contributed by atoms with Gasteiger partial charge in [0.25, 0.3) is 0 Å². The van der Waals surface area contributed by atoms with Gasteiger partial charge < -0.3 is 18.6 Å². The Morgan fingerprint density at radius 2 is 0.544 bits per heavy atom. The summed E-state index contributed by atoms with van der Waals surface area (Å²) in [7, 11) is -6.23. The predicted octanol–water partition coefficient (Wildman–Crippen LogP) is 23.9. The zero-order valence-corrected chi connectivity index (χ0v) is 65.6. The first-order chi connectivity index (χ1) is 56.1. The van der Waals surface area contributed by atoms with E-state index in [9.17, 15) is 0 Å². The highest BCUT2D eigenvalue weighted by Crippen LogP contribution is 2.56. The fourth-order valence-electron chi connectivity index (χ4n) is 18.8. The fraction of sp³-hybridized carbons (Fsp3) is 0.0566. The largest absolute Gasteiger partial charge is 0.454 e. The Morgan fingerprint density at radius 3 is 0.886 bits per heavy atom. The third-order valence-corrected chi connectivity index (χ3v) is 33.3. The number of rotatable bonds is 18. The minimum Gasteiger partial charge on any atom is -0.454 e. The smallest absolute Gasteiger partial charge is 0.179 e. The second-order valence-corrected chi connectivity index (χ2v) is 38.3. The van der Waals surface area contributed by atoms with Gasteiger partial charge in [0.15, 0.2) is 27.3 Å². The quantitative estimate of drug-likeness (QED) is 0.0487. The molecule has 546 valence electrons. The second kappa shape index (κ2) is 28.4. The van der Waals surface area contributed by atoms with Crippen molar-refractivity contribution in [3.05, 3.63) is 411 Å². The van der Waals surface area contributed by atoms with Gasteiger partial charge in [-0.3, -0.25) is 0 Å².